The Kier molecular flexibility index (Phi) is 5.63. The molecule has 0 radical (unpaired) electrons. The normalized spacial score (nSPS) is 15.5. The van der Waals surface area contributed by atoms with Gasteiger partial charge >= 0.3 is 0 Å². The van der Waals surface area contributed by atoms with E-state index in [1.54, 1.807) is 31.2 Å². The summed E-state index contributed by atoms with van der Waals surface area (Å²) in [7, 11) is 0. The van der Waals surface area contributed by atoms with Crippen molar-refractivity contribution < 1.29 is 14.4 Å². The lowest BCUT2D eigenvalue weighted by molar-refractivity contribution is -0.125. The van der Waals surface area contributed by atoms with Crippen molar-refractivity contribution in [2.24, 2.45) is 5.92 Å². The van der Waals surface area contributed by atoms with Crippen LogP contribution in [0.3, 0.4) is 0 Å². The molecule has 3 amide bonds. The van der Waals surface area contributed by atoms with Crippen LogP contribution in [0, 0.1) is 5.92 Å². The average Bonchev–Trinajstić information content (AvgIpc) is 2.92. The molecule has 1 heterocycles. The molecule has 0 saturated carbocycles. The zero-order chi connectivity index (χ0) is 20.4. The summed E-state index contributed by atoms with van der Waals surface area (Å²) >= 11 is 0. The highest BCUT2D eigenvalue weighted by Gasteiger charge is 2.40. The Morgan fingerprint density at radius 3 is 1.93 bits per heavy atom. The summed E-state index contributed by atoms with van der Waals surface area (Å²) in [6, 6.07) is 13.7. The molecule has 0 saturated heterocycles. The largest absolute Gasteiger partial charge is 0.348 e. The molecule has 3 rings (SSSR count). The third kappa shape index (κ3) is 3.84. The lowest BCUT2D eigenvalue weighted by atomic mass is 10.00. The Hall–Kier alpha value is -2.95. The van der Waals surface area contributed by atoms with Crippen LogP contribution in [0.5, 0.6) is 0 Å². The van der Waals surface area contributed by atoms with Gasteiger partial charge in [0.05, 0.1) is 17.2 Å². The van der Waals surface area contributed by atoms with E-state index in [1.165, 1.54) is 5.56 Å². The van der Waals surface area contributed by atoms with Gasteiger partial charge in [0.1, 0.15) is 6.04 Å². The predicted molar refractivity (Wildman–Crippen MR) is 108 cm³/mol. The Morgan fingerprint density at radius 1 is 0.893 bits per heavy atom. The first-order chi connectivity index (χ1) is 13.3. The Balaban J connectivity index is 1.67. The first kappa shape index (κ1) is 19.8. The lowest BCUT2D eigenvalue weighted by Gasteiger charge is -2.24. The van der Waals surface area contributed by atoms with E-state index in [-0.39, 0.29) is 11.9 Å². The van der Waals surface area contributed by atoms with Crippen LogP contribution in [0.1, 0.15) is 65.6 Å². The van der Waals surface area contributed by atoms with Crippen LogP contribution in [0.15, 0.2) is 48.5 Å². The SMILES string of the molecule is CC(C)Cc1ccc([C@@H](C)NC(=O)[C@H](C)N2C(=O)c3ccccc3C2=O)cc1. The van der Waals surface area contributed by atoms with E-state index in [1.807, 2.05) is 19.1 Å². The van der Waals surface area contributed by atoms with Crippen LogP contribution < -0.4 is 5.32 Å². The number of imide groups is 1. The number of carbonyl (C=O) groups excluding carboxylic acids is 3. The van der Waals surface area contributed by atoms with Gasteiger partial charge in [0.2, 0.25) is 5.91 Å². The molecular formula is C23H26N2O3. The molecule has 0 aromatic heterocycles. The smallest absolute Gasteiger partial charge is 0.262 e. The second-order valence-electron chi connectivity index (χ2n) is 7.77. The number of rotatable bonds is 6. The average molecular weight is 378 g/mol. The molecule has 28 heavy (non-hydrogen) atoms. The molecule has 2 atom stereocenters. The highest BCUT2D eigenvalue weighted by atomic mass is 16.2. The number of benzene rings is 2. The number of fused-ring (bicyclic) bond motifs is 1. The third-order valence-corrected chi connectivity index (χ3v) is 5.07. The molecule has 2 aromatic rings. The maximum Gasteiger partial charge on any atom is 0.262 e. The Bertz CT molecular complexity index is 867. The van der Waals surface area contributed by atoms with E-state index in [9.17, 15) is 14.4 Å². The lowest BCUT2D eigenvalue weighted by Crippen LogP contribution is -2.48. The van der Waals surface area contributed by atoms with Crippen LogP contribution >= 0.6 is 0 Å². The number of hydrogen-bond acceptors (Lipinski definition) is 3. The summed E-state index contributed by atoms with van der Waals surface area (Å²) in [6.45, 7) is 7.83. The van der Waals surface area contributed by atoms with Crippen molar-refractivity contribution in [3.63, 3.8) is 0 Å². The third-order valence-electron chi connectivity index (χ3n) is 5.07. The molecule has 146 valence electrons. The summed E-state index contributed by atoms with van der Waals surface area (Å²) < 4.78 is 0. The second kappa shape index (κ2) is 7.97. The minimum absolute atomic E-state index is 0.224. The number of nitrogens with one attached hydrogen (secondary N) is 1. The van der Waals surface area contributed by atoms with Gasteiger partial charge in [-0.3, -0.25) is 19.3 Å². The van der Waals surface area contributed by atoms with Crippen LogP contribution in [0.2, 0.25) is 0 Å². The molecule has 0 unspecified atom stereocenters. The molecule has 5 heteroatoms. The van der Waals surface area contributed by atoms with E-state index < -0.39 is 17.9 Å². The first-order valence-corrected chi connectivity index (χ1v) is 9.65. The highest BCUT2D eigenvalue weighted by Crippen LogP contribution is 2.25. The van der Waals surface area contributed by atoms with Crippen LogP contribution in [-0.2, 0) is 11.2 Å². The molecule has 0 bridgehead atoms. The van der Waals surface area contributed by atoms with Crippen LogP contribution in [0.25, 0.3) is 0 Å². The van der Waals surface area contributed by atoms with Gasteiger partial charge < -0.3 is 5.32 Å². The number of amides is 3. The summed E-state index contributed by atoms with van der Waals surface area (Å²) in [5.41, 5.74) is 2.94. The fraction of sp³-hybridized carbons (Fsp3) is 0.348. The predicted octanol–water partition coefficient (Wildman–Crippen LogP) is 3.75. The fourth-order valence-electron chi connectivity index (χ4n) is 3.51. The van der Waals surface area contributed by atoms with Crippen molar-refractivity contribution in [2.75, 3.05) is 0 Å². The molecule has 0 spiro atoms. The van der Waals surface area contributed by atoms with E-state index in [0.29, 0.717) is 17.0 Å². The molecule has 1 aliphatic rings. The molecular weight excluding hydrogens is 352 g/mol. The van der Waals surface area contributed by atoms with Gasteiger partial charge in [-0.1, -0.05) is 50.2 Å². The summed E-state index contributed by atoms with van der Waals surface area (Å²) in [5.74, 6) is -0.611. The van der Waals surface area contributed by atoms with Gasteiger partial charge in [0.25, 0.3) is 11.8 Å². The molecule has 0 fully saturated rings. The molecule has 1 aliphatic heterocycles. The van der Waals surface area contributed by atoms with Gasteiger partial charge in [-0.25, -0.2) is 0 Å². The molecule has 1 N–H and O–H groups in total. The maximum absolute atomic E-state index is 12.7. The van der Waals surface area contributed by atoms with Crippen LogP contribution in [-0.4, -0.2) is 28.7 Å². The Labute approximate surface area is 165 Å². The monoisotopic (exact) mass is 378 g/mol. The Morgan fingerprint density at radius 2 is 1.43 bits per heavy atom. The summed E-state index contributed by atoms with van der Waals surface area (Å²) in [6.07, 6.45) is 1.01. The highest BCUT2D eigenvalue weighted by molar-refractivity contribution is 6.22. The van der Waals surface area contributed by atoms with Crippen molar-refractivity contribution in [2.45, 2.75) is 46.2 Å². The minimum atomic E-state index is -0.880. The van der Waals surface area contributed by atoms with Crippen molar-refractivity contribution in [3.05, 3.63) is 70.8 Å². The first-order valence-electron chi connectivity index (χ1n) is 9.65. The number of hydrogen-bond donors (Lipinski definition) is 1. The maximum atomic E-state index is 12.7. The summed E-state index contributed by atoms with van der Waals surface area (Å²) in [4.78, 5) is 38.9. The standard InChI is InChI=1S/C23H26N2O3/c1-14(2)13-17-9-11-18(12-10-17)15(3)24-21(26)16(4)25-22(27)19-7-5-6-8-20(19)23(25)28/h5-12,14-16H,13H2,1-4H3,(H,24,26)/t15-,16+/m1/s1. The fourth-order valence-corrected chi connectivity index (χ4v) is 3.51. The van der Waals surface area contributed by atoms with Gasteiger partial charge in [-0.05, 0) is 49.4 Å². The zero-order valence-corrected chi connectivity index (χ0v) is 16.7. The number of nitrogens with zero attached hydrogens (tertiary/aromatic N) is 1. The van der Waals surface area contributed by atoms with E-state index in [2.05, 4.69) is 31.3 Å². The van der Waals surface area contributed by atoms with Gasteiger partial charge in [-0.15, -0.1) is 0 Å². The minimum Gasteiger partial charge on any atom is -0.348 e. The van der Waals surface area contributed by atoms with Crippen molar-refractivity contribution in [1.82, 2.24) is 10.2 Å². The van der Waals surface area contributed by atoms with E-state index in [0.717, 1.165) is 16.9 Å². The van der Waals surface area contributed by atoms with Crippen LogP contribution in [0.4, 0.5) is 0 Å². The van der Waals surface area contributed by atoms with Gasteiger partial charge in [-0.2, -0.15) is 0 Å². The number of carbonyl (C=O) groups is 3. The quantitative estimate of drug-likeness (QED) is 0.779. The van der Waals surface area contributed by atoms with Crippen molar-refractivity contribution in [1.29, 1.82) is 0 Å². The van der Waals surface area contributed by atoms with Gasteiger partial charge in [0, 0.05) is 0 Å². The summed E-state index contributed by atoms with van der Waals surface area (Å²) in [5, 5.41) is 2.92. The molecule has 0 aliphatic carbocycles. The van der Waals surface area contributed by atoms with Crippen molar-refractivity contribution >= 4 is 17.7 Å². The van der Waals surface area contributed by atoms with Crippen molar-refractivity contribution in [3.8, 4) is 0 Å². The van der Waals surface area contributed by atoms with E-state index >= 15 is 0 Å². The van der Waals surface area contributed by atoms with Gasteiger partial charge in [0.15, 0.2) is 0 Å². The van der Waals surface area contributed by atoms with E-state index in [4.69, 9.17) is 0 Å². The molecule has 2 aromatic carbocycles. The zero-order valence-electron chi connectivity index (χ0n) is 16.7. The second-order valence-corrected chi connectivity index (χ2v) is 7.77. The molecule has 5 nitrogen and oxygen atoms in total. The topological polar surface area (TPSA) is 66.5 Å².